The average molecular weight is 601 g/mol. The van der Waals surface area contributed by atoms with Gasteiger partial charge in [0.25, 0.3) is 0 Å². The topological polar surface area (TPSA) is 9.23 Å². The Labute approximate surface area is 233 Å². The van der Waals surface area contributed by atoms with E-state index >= 15 is 8.78 Å². The standard InChI is InChI=1S/C30H18ClF9O/c1-2-3-4-5-15-6-7-19(21(32)8-15)16-10-22(33)27(23(34)11-16)17-9-20(31)28(24(35)12-17)30(39,40)41-18-13-25(36)29(38)26(37)14-18/h2-3,6-14H,4-5H2,1H3. The van der Waals surface area contributed by atoms with Gasteiger partial charge >= 0.3 is 6.11 Å². The van der Waals surface area contributed by atoms with E-state index in [1.54, 1.807) is 6.07 Å². The molecule has 0 spiro atoms. The zero-order valence-corrected chi connectivity index (χ0v) is 21.7. The molecule has 0 aliphatic heterocycles. The number of hydrogen-bond donors (Lipinski definition) is 0. The van der Waals surface area contributed by atoms with Gasteiger partial charge in [-0.05, 0) is 66.8 Å². The van der Waals surface area contributed by atoms with Gasteiger partial charge in [0, 0.05) is 17.7 Å². The van der Waals surface area contributed by atoms with Crippen LogP contribution >= 0.6 is 11.6 Å². The summed E-state index contributed by atoms with van der Waals surface area (Å²) in [5.41, 5.74) is -2.62. The summed E-state index contributed by atoms with van der Waals surface area (Å²) in [7, 11) is 0. The van der Waals surface area contributed by atoms with Crippen molar-refractivity contribution in [2.24, 2.45) is 0 Å². The lowest BCUT2D eigenvalue weighted by Gasteiger charge is -2.21. The molecular weight excluding hydrogens is 583 g/mol. The monoisotopic (exact) mass is 600 g/mol. The minimum atomic E-state index is -4.64. The van der Waals surface area contributed by atoms with Crippen LogP contribution in [0.1, 0.15) is 24.5 Å². The molecule has 0 aromatic heterocycles. The molecule has 0 amide bonds. The van der Waals surface area contributed by atoms with E-state index < -0.39 is 74.3 Å². The molecule has 4 aromatic rings. The molecular formula is C30H18ClF9O. The van der Waals surface area contributed by atoms with Gasteiger partial charge in [0.1, 0.15) is 34.6 Å². The molecule has 0 bridgehead atoms. The van der Waals surface area contributed by atoms with Crippen molar-refractivity contribution in [2.75, 3.05) is 0 Å². The van der Waals surface area contributed by atoms with Crippen LogP contribution in [0.4, 0.5) is 39.5 Å². The highest BCUT2D eigenvalue weighted by Gasteiger charge is 2.41. The van der Waals surface area contributed by atoms with Crippen LogP contribution in [0.2, 0.25) is 5.02 Å². The lowest BCUT2D eigenvalue weighted by atomic mass is 9.96. The lowest BCUT2D eigenvalue weighted by Crippen LogP contribution is -2.24. The molecule has 41 heavy (non-hydrogen) atoms. The van der Waals surface area contributed by atoms with Crippen LogP contribution in [-0.4, -0.2) is 0 Å². The van der Waals surface area contributed by atoms with Crippen LogP contribution in [0.3, 0.4) is 0 Å². The van der Waals surface area contributed by atoms with Gasteiger partial charge in [-0.3, -0.25) is 0 Å². The smallest absolute Gasteiger partial charge is 0.429 e. The lowest BCUT2D eigenvalue weighted by molar-refractivity contribution is -0.187. The predicted octanol–water partition coefficient (Wildman–Crippen LogP) is 10.3. The Bertz CT molecular complexity index is 1580. The summed E-state index contributed by atoms with van der Waals surface area (Å²) in [6.45, 7) is 1.85. The van der Waals surface area contributed by atoms with E-state index in [2.05, 4.69) is 4.74 Å². The number of halogens is 10. The van der Waals surface area contributed by atoms with Gasteiger partial charge in [-0.25, -0.2) is 30.7 Å². The fourth-order valence-corrected chi connectivity index (χ4v) is 4.47. The first-order valence-electron chi connectivity index (χ1n) is 11.9. The van der Waals surface area contributed by atoms with Crippen molar-refractivity contribution in [3.63, 3.8) is 0 Å². The molecule has 0 radical (unpaired) electrons. The highest BCUT2D eigenvalue weighted by atomic mass is 35.5. The Morgan fingerprint density at radius 3 is 1.90 bits per heavy atom. The molecule has 0 atom stereocenters. The molecule has 4 aromatic carbocycles. The molecule has 0 saturated carbocycles. The zero-order valence-electron chi connectivity index (χ0n) is 21.0. The van der Waals surface area contributed by atoms with Crippen molar-refractivity contribution < 1.29 is 44.3 Å². The van der Waals surface area contributed by atoms with Gasteiger partial charge < -0.3 is 4.74 Å². The Hall–Kier alpha value is -3.92. The Morgan fingerprint density at radius 2 is 1.34 bits per heavy atom. The highest BCUT2D eigenvalue weighted by molar-refractivity contribution is 6.31. The minimum absolute atomic E-state index is 0.103. The van der Waals surface area contributed by atoms with Crippen LogP contribution in [0.15, 0.2) is 66.7 Å². The first-order chi connectivity index (χ1) is 19.3. The number of aryl methyl sites for hydroxylation is 1. The van der Waals surface area contributed by atoms with E-state index in [9.17, 15) is 30.7 Å². The summed E-state index contributed by atoms with van der Waals surface area (Å²) in [5, 5.41) is -1.05. The summed E-state index contributed by atoms with van der Waals surface area (Å²) >= 11 is 5.83. The van der Waals surface area contributed by atoms with Crippen LogP contribution in [0.25, 0.3) is 22.3 Å². The molecule has 0 aliphatic rings. The molecule has 0 aliphatic carbocycles. The van der Waals surface area contributed by atoms with Crippen LogP contribution in [0, 0.1) is 40.7 Å². The Kier molecular flexibility index (Phi) is 8.72. The third kappa shape index (κ3) is 6.37. The van der Waals surface area contributed by atoms with Crippen molar-refractivity contribution in [2.45, 2.75) is 25.9 Å². The first kappa shape index (κ1) is 30.0. The predicted molar refractivity (Wildman–Crippen MR) is 136 cm³/mol. The fraction of sp³-hybridized carbons (Fsp3) is 0.133. The third-order valence-corrected chi connectivity index (χ3v) is 6.35. The summed E-state index contributed by atoms with van der Waals surface area (Å²) < 4.78 is 133. The molecule has 0 fully saturated rings. The second kappa shape index (κ2) is 11.9. The summed E-state index contributed by atoms with van der Waals surface area (Å²) in [6.07, 6.45) is 0.328. The number of ether oxygens (including phenoxy) is 1. The highest BCUT2D eigenvalue weighted by Crippen LogP contribution is 2.41. The van der Waals surface area contributed by atoms with Gasteiger partial charge in [0.15, 0.2) is 17.5 Å². The maximum absolute atomic E-state index is 15.1. The van der Waals surface area contributed by atoms with E-state index in [-0.39, 0.29) is 23.3 Å². The third-order valence-electron chi connectivity index (χ3n) is 6.05. The average Bonchev–Trinajstić information content (AvgIpc) is 2.86. The Balaban J connectivity index is 1.67. The van der Waals surface area contributed by atoms with E-state index in [0.717, 1.165) is 12.1 Å². The molecule has 11 heteroatoms. The Morgan fingerprint density at radius 1 is 0.732 bits per heavy atom. The minimum Gasteiger partial charge on any atom is -0.429 e. The number of benzene rings is 4. The maximum Gasteiger partial charge on any atom is 0.431 e. The fourth-order valence-electron chi connectivity index (χ4n) is 4.16. The SMILES string of the molecule is CC=CCCc1ccc(-c2cc(F)c(-c3cc(F)c(C(F)(F)Oc4cc(F)c(F)c(F)c4)c(Cl)c3)c(F)c2)c(F)c1. The second-order valence-electron chi connectivity index (χ2n) is 8.87. The number of allylic oxidation sites excluding steroid dienone is 2. The molecule has 0 heterocycles. The zero-order chi connectivity index (χ0) is 30.1. The van der Waals surface area contributed by atoms with Gasteiger partial charge in [-0.1, -0.05) is 35.9 Å². The molecule has 0 N–H and O–H groups in total. The van der Waals surface area contributed by atoms with E-state index in [1.807, 2.05) is 19.1 Å². The largest absolute Gasteiger partial charge is 0.431 e. The van der Waals surface area contributed by atoms with Gasteiger partial charge in [-0.15, -0.1) is 0 Å². The molecule has 4 rings (SSSR count). The van der Waals surface area contributed by atoms with Crippen LogP contribution in [-0.2, 0) is 12.5 Å². The van der Waals surface area contributed by atoms with E-state index in [4.69, 9.17) is 11.6 Å². The quantitative estimate of drug-likeness (QED) is 0.111. The molecule has 0 unspecified atom stereocenters. The second-order valence-corrected chi connectivity index (χ2v) is 9.28. The van der Waals surface area contributed by atoms with Gasteiger partial charge in [-0.2, -0.15) is 8.78 Å². The van der Waals surface area contributed by atoms with Crippen molar-refractivity contribution in [3.8, 4) is 28.0 Å². The maximum atomic E-state index is 15.1. The summed E-state index contributed by atoms with van der Waals surface area (Å²) in [4.78, 5) is 0. The number of alkyl halides is 2. The van der Waals surface area contributed by atoms with Gasteiger partial charge in [0.2, 0.25) is 0 Å². The molecule has 0 saturated heterocycles. The molecule has 214 valence electrons. The first-order valence-corrected chi connectivity index (χ1v) is 12.3. The summed E-state index contributed by atoms with van der Waals surface area (Å²) in [5.74, 6) is -11.8. The van der Waals surface area contributed by atoms with E-state index in [0.29, 0.717) is 30.5 Å². The van der Waals surface area contributed by atoms with Crippen molar-refractivity contribution in [1.82, 2.24) is 0 Å². The number of hydrogen-bond acceptors (Lipinski definition) is 1. The van der Waals surface area contributed by atoms with Crippen molar-refractivity contribution in [1.29, 1.82) is 0 Å². The van der Waals surface area contributed by atoms with Crippen LogP contribution in [0.5, 0.6) is 5.75 Å². The normalized spacial score (nSPS) is 11.9. The summed E-state index contributed by atoms with van der Waals surface area (Å²) in [6, 6.07) is 7.01. The van der Waals surface area contributed by atoms with Crippen molar-refractivity contribution >= 4 is 11.6 Å². The molecule has 1 nitrogen and oxygen atoms in total. The van der Waals surface area contributed by atoms with Crippen molar-refractivity contribution in [3.05, 3.63) is 124 Å². The van der Waals surface area contributed by atoms with Gasteiger partial charge in [0.05, 0.1) is 10.6 Å². The van der Waals surface area contributed by atoms with E-state index in [1.165, 1.54) is 12.1 Å². The van der Waals surface area contributed by atoms with Crippen LogP contribution < -0.4 is 4.74 Å². The number of rotatable bonds is 8.